The van der Waals surface area contributed by atoms with Crippen molar-refractivity contribution in [3.05, 3.63) is 53.8 Å². The second-order valence-electron chi connectivity index (χ2n) is 9.90. The quantitative estimate of drug-likeness (QED) is 0.435. The Kier molecular flexibility index (Phi) is 9.51. The molecule has 5 amide bonds. The minimum absolute atomic E-state index is 0.0222. The average molecular weight is 530 g/mol. The predicted octanol–water partition coefficient (Wildman–Crippen LogP) is 3.74. The number of ether oxygens (including phenoxy) is 1. The van der Waals surface area contributed by atoms with E-state index in [9.17, 15) is 23.9 Å². The summed E-state index contributed by atoms with van der Waals surface area (Å²) >= 11 is 0. The fraction of sp³-hybridized carbons (Fsp3) is 0.444. The molecule has 1 aliphatic rings. The molecule has 0 radical (unpaired) electrons. The van der Waals surface area contributed by atoms with Crippen molar-refractivity contribution in [3.63, 3.8) is 0 Å². The van der Waals surface area contributed by atoms with E-state index in [0.717, 1.165) is 0 Å². The first-order valence-corrected chi connectivity index (χ1v) is 12.6. The highest BCUT2D eigenvalue weighted by atomic mass is 19.1. The van der Waals surface area contributed by atoms with Crippen LogP contribution in [0.2, 0.25) is 0 Å². The molecule has 11 heteroatoms. The van der Waals surface area contributed by atoms with Gasteiger partial charge < -0.3 is 35.6 Å². The number of rotatable bonds is 7. The summed E-state index contributed by atoms with van der Waals surface area (Å²) in [5.74, 6) is -0.615. The van der Waals surface area contributed by atoms with Crippen LogP contribution in [-0.4, -0.2) is 77.8 Å². The van der Waals surface area contributed by atoms with Crippen molar-refractivity contribution in [2.45, 2.75) is 45.9 Å². The van der Waals surface area contributed by atoms with Crippen LogP contribution in [0.4, 0.5) is 25.4 Å². The molecule has 2 aromatic rings. The lowest BCUT2D eigenvalue weighted by molar-refractivity contribution is 0.0366. The van der Waals surface area contributed by atoms with E-state index in [0.29, 0.717) is 23.7 Å². The monoisotopic (exact) mass is 529 g/mol. The van der Waals surface area contributed by atoms with Crippen LogP contribution in [0.5, 0.6) is 5.75 Å². The third-order valence-electron chi connectivity index (χ3n) is 6.24. The summed E-state index contributed by atoms with van der Waals surface area (Å²) in [4.78, 5) is 41.7. The van der Waals surface area contributed by atoms with Gasteiger partial charge in [0.2, 0.25) is 0 Å². The Balaban J connectivity index is 1.86. The Labute approximate surface area is 222 Å². The van der Waals surface area contributed by atoms with Crippen molar-refractivity contribution in [2.75, 3.05) is 37.4 Å². The number of hydrogen-bond acceptors (Lipinski definition) is 5. The van der Waals surface area contributed by atoms with Gasteiger partial charge in [0.05, 0.1) is 24.8 Å². The molecule has 0 unspecified atom stereocenters. The Morgan fingerprint density at radius 2 is 1.76 bits per heavy atom. The summed E-state index contributed by atoms with van der Waals surface area (Å²) in [7, 11) is 1.68. The molecule has 0 spiro atoms. The number of hydrogen-bond donors (Lipinski definition) is 4. The van der Waals surface area contributed by atoms with Crippen molar-refractivity contribution in [1.29, 1.82) is 0 Å². The molecule has 1 aliphatic heterocycles. The molecule has 1 heterocycles. The zero-order chi connectivity index (χ0) is 28.0. The number of fused-ring (bicyclic) bond motifs is 1. The predicted molar refractivity (Wildman–Crippen MR) is 143 cm³/mol. The highest BCUT2D eigenvalue weighted by Gasteiger charge is 2.34. The van der Waals surface area contributed by atoms with Gasteiger partial charge in [-0.05, 0) is 63.2 Å². The molecule has 10 nitrogen and oxygen atoms in total. The van der Waals surface area contributed by atoms with Crippen LogP contribution in [0.25, 0.3) is 0 Å². The zero-order valence-electron chi connectivity index (χ0n) is 22.3. The van der Waals surface area contributed by atoms with Gasteiger partial charge >= 0.3 is 12.1 Å². The molecule has 0 bridgehead atoms. The fourth-order valence-corrected chi connectivity index (χ4v) is 4.05. The SMILES string of the molecule is CC(C)NC(=O)N(C)C[C@H]1Oc2ccc(NC(=O)Nc3ccc(F)cc3)cc2C(=O)N([C@@H](C)CO)C[C@@H]1C. The minimum atomic E-state index is -0.569. The number of aliphatic hydroxyl groups excluding tert-OH is 1. The number of nitrogens with one attached hydrogen (secondary N) is 3. The highest BCUT2D eigenvalue weighted by Crippen LogP contribution is 2.30. The molecule has 0 fully saturated rings. The maximum Gasteiger partial charge on any atom is 0.323 e. The summed E-state index contributed by atoms with van der Waals surface area (Å²) in [6.45, 7) is 7.78. The van der Waals surface area contributed by atoms with Gasteiger partial charge in [0.1, 0.15) is 17.7 Å². The van der Waals surface area contributed by atoms with Crippen LogP contribution in [0, 0.1) is 11.7 Å². The first-order valence-electron chi connectivity index (χ1n) is 12.6. The normalized spacial score (nSPS) is 18.0. The molecule has 3 atom stereocenters. The van der Waals surface area contributed by atoms with E-state index in [1.54, 1.807) is 35.9 Å². The molecule has 4 N–H and O–H groups in total. The van der Waals surface area contributed by atoms with E-state index in [2.05, 4.69) is 16.0 Å². The van der Waals surface area contributed by atoms with Gasteiger partial charge in [-0.25, -0.2) is 14.0 Å². The van der Waals surface area contributed by atoms with Crippen LogP contribution in [-0.2, 0) is 0 Å². The number of carbonyl (C=O) groups excluding carboxylic acids is 3. The largest absolute Gasteiger partial charge is 0.487 e. The van der Waals surface area contributed by atoms with E-state index in [4.69, 9.17) is 4.74 Å². The van der Waals surface area contributed by atoms with Crippen molar-refractivity contribution >= 4 is 29.3 Å². The molecule has 2 aromatic carbocycles. The van der Waals surface area contributed by atoms with Crippen LogP contribution < -0.4 is 20.7 Å². The first-order chi connectivity index (χ1) is 18.0. The van der Waals surface area contributed by atoms with Gasteiger partial charge in [-0.2, -0.15) is 0 Å². The Morgan fingerprint density at radius 3 is 2.39 bits per heavy atom. The summed E-state index contributed by atoms with van der Waals surface area (Å²) in [6, 6.07) is 8.76. The Hall–Kier alpha value is -3.86. The third kappa shape index (κ3) is 7.34. The molecular weight excluding hydrogens is 493 g/mol. The van der Waals surface area contributed by atoms with Gasteiger partial charge in [-0.3, -0.25) is 4.79 Å². The molecule has 0 saturated heterocycles. The topological polar surface area (TPSA) is 123 Å². The van der Waals surface area contributed by atoms with Crippen molar-refractivity contribution in [2.24, 2.45) is 5.92 Å². The summed E-state index contributed by atoms with van der Waals surface area (Å²) in [6.07, 6.45) is -0.446. The lowest BCUT2D eigenvalue weighted by Gasteiger charge is -2.38. The number of aliphatic hydroxyl groups is 1. The highest BCUT2D eigenvalue weighted by molar-refractivity contribution is 6.02. The van der Waals surface area contributed by atoms with Gasteiger partial charge in [-0.15, -0.1) is 0 Å². The summed E-state index contributed by atoms with van der Waals surface area (Å²) in [5.41, 5.74) is 0.964. The van der Waals surface area contributed by atoms with Crippen LogP contribution >= 0.6 is 0 Å². The summed E-state index contributed by atoms with van der Waals surface area (Å²) < 4.78 is 19.4. The lowest BCUT2D eigenvalue weighted by Crippen LogP contribution is -2.51. The number of benzene rings is 2. The molecule has 0 saturated carbocycles. The molecule has 3 rings (SSSR count). The lowest BCUT2D eigenvalue weighted by atomic mass is 9.99. The number of urea groups is 2. The molecular formula is C27H36FN5O5. The second kappa shape index (κ2) is 12.6. The van der Waals surface area contributed by atoms with Gasteiger partial charge in [0.15, 0.2) is 0 Å². The first kappa shape index (κ1) is 28.7. The van der Waals surface area contributed by atoms with E-state index >= 15 is 0 Å². The number of amides is 5. The van der Waals surface area contributed by atoms with Crippen molar-refractivity contribution < 1.29 is 28.6 Å². The van der Waals surface area contributed by atoms with Gasteiger partial charge in [0.25, 0.3) is 5.91 Å². The number of likely N-dealkylation sites (N-methyl/N-ethyl adjacent to an activating group) is 1. The second-order valence-corrected chi connectivity index (χ2v) is 9.90. The fourth-order valence-electron chi connectivity index (χ4n) is 4.05. The molecule has 0 aliphatic carbocycles. The van der Waals surface area contributed by atoms with Crippen LogP contribution in [0.3, 0.4) is 0 Å². The summed E-state index contributed by atoms with van der Waals surface area (Å²) in [5, 5.41) is 18.0. The smallest absolute Gasteiger partial charge is 0.323 e. The maximum absolute atomic E-state index is 13.6. The third-order valence-corrected chi connectivity index (χ3v) is 6.24. The molecule has 206 valence electrons. The van der Waals surface area contributed by atoms with Crippen molar-refractivity contribution in [3.8, 4) is 5.75 Å². The van der Waals surface area contributed by atoms with Gasteiger partial charge in [-0.1, -0.05) is 6.92 Å². The standard InChI is InChI=1S/C27H36FN5O5/c1-16(2)29-27(37)32(5)14-24-17(3)13-33(18(4)15-34)25(35)22-12-21(10-11-23(22)38-24)31-26(36)30-20-8-6-19(28)7-9-20/h6-12,16-18,24,34H,13-15H2,1-5H3,(H,29,37)(H2,30,31,36)/t17-,18-,24+/m0/s1. The number of anilines is 2. The Bertz CT molecular complexity index is 1140. The molecule has 38 heavy (non-hydrogen) atoms. The number of nitrogens with zero attached hydrogens (tertiary/aromatic N) is 2. The van der Waals surface area contributed by atoms with E-state index in [-0.39, 0.29) is 42.6 Å². The van der Waals surface area contributed by atoms with Crippen LogP contribution in [0.1, 0.15) is 38.1 Å². The number of halogens is 1. The maximum atomic E-state index is 13.6. The van der Waals surface area contributed by atoms with E-state index in [1.807, 2.05) is 20.8 Å². The van der Waals surface area contributed by atoms with Crippen molar-refractivity contribution in [1.82, 2.24) is 15.1 Å². The van der Waals surface area contributed by atoms with Crippen LogP contribution in [0.15, 0.2) is 42.5 Å². The minimum Gasteiger partial charge on any atom is -0.487 e. The van der Waals surface area contributed by atoms with E-state index in [1.165, 1.54) is 30.3 Å². The Morgan fingerprint density at radius 1 is 1.13 bits per heavy atom. The van der Waals surface area contributed by atoms with Gasteiger partial charge in [0, 0.05) is 36.9 Å². The number of carbonyl (C=O) groups is 3. The molecule has 0 aromatic heterocycles. The van der Waals surface area contributed by atoms with E-state index < -0.39 is 24.0 Å². The average Bonchev–Trinajstić information content (AvgIpc) is 2.86. The zero-order valence-corrected chi connectivity index (χ0v) is 22.3.